The lowest BCUT2D eigenvalue weighted by molar-refractivity contribution is -0.0819. The van der Waals surface area contributed by atoms with Crippen molar-refractivity contribution in [2.45, 2.75) is 24.2 Å². The van der Waals surface area contributed by atoms with Crippen LogP contribution >= 0.6 is 0 Å². The van der Waals surface area contributed by atoms with Crippen molar-refractivity contribution in [2.75, 3.05) is 0 Å². The van der Waals surface area contributed by atoms with E-state index in [9.17, 15) is 24.9 Å². The number of rotatable bonds is 0. The number of benzene rings is 2. The molecule has 3 aliphatic rings. The van der Waals surface area contributed by atoms with E-state index in [-0.39, 0.29) is 40.6 Å². The van der Waals surface area contributed by atoms with E-state index >= 15 is 0 Å². The fourth-order valence-electron chi connectivity index (χ4n) is 4.33. The molecule has 0 saturated carbocycles. The third-order valence-corrected chi connectivity index (χ3v) is 5.40. The third-order valence-electron chi connectivity index (χ3n) is 5.40. The van der Waals surface area contributed by atoms with Crippen LogP contribution in [0.4, 0.5) is 0 Å². The lowest BCUT2D eigenvalue weighted by Crippen LogP contribution is -2.32. The maximum atomic E-state index is 12.4. The first-order valence-electron chi connectivity index (χ1n) is 8.25. The Labute approximate surface area is 148 Å². The highest BCUT2D eigenvalue weighted by Gasteiger charge is 2.53. The molecule has 6 nitrogen and oxygen atoms in total. The van der Waals surface area contributed by atoms with Gasteiger partial charge in [0.15, 0.2) is 11.6 Å². The average molecular weight is 350 g/mol. The van der Waals surface area contributed by atoms with Crippen LogP contribution in [0.15, 0.2) is 42.5 Å². The molecule has 2 aromatic carbocycles. The third kappa shape index (κ3) is 1.67. The van der Waals surface area contributed by atoms with Crippen LogP contribution in [0.25, 0.3) is 0 Å². The van der Waals surface area contributed by atoms with Gasteiger partial charge < -0.3 is 20.1 Å². The fraction of sp³-hybridized carbons (Fsp3) is 0.200. The minimum Gasteiger partial charge on any atom is -0.507 e. The Balaban J connectivity index is 1.86. The molecular formula is C20H14O6. The van der Waals surface area contributed by atoms with Crippen molar-refractivity contribution in [1.29, 1.82) is 0 Å². The predicted octanol–water partition coefficient (Wildman–Crippen LogP) is 2.11. The van der Waals surface area contributed by atoms with Crippen molar-refractivity contribution < 1.29 is 29.6 Å². The Morgan fingerprint density at radius 1 is 1.00 bits per heavy atom. The van der Waals surface area contributed by atoms with Crippen LogP contribution in [0.1, 0.15) is 49.9 Å². The summed E-state index contributed by atoms with van der Waals surface area (Å²) in [6, 6.07) is 7.77. The number of aromatic hydroxyl groups is 2. The Bertz CT molecular complexity index is 1040. The molecule has 0 fully saturated rings. The lowest BCUT2D eigenvalue weighted by Gasteiger charge is -2.33. The van der Waals surface area contributed by atoms with E-state index in [0.29, 0.717) is 16.7 Å². The summed E-state index contributed by atoms with van der Waals surface area (Å²) in [4.78, 5) is 24.7. The molecule has 1 aliphatic heterocycles. The monoisotopic (exact) mass is 350 g/mol. The summed E-state index contributed by atoms with van der Waals surface area (Å²) in [5.41, 5.74) is 0.556. The molecule has 130 valence electrons. The molecule has 3 N–H and O–H groups in total. The maximum absolute atomic E-state index is 12.4. The number of carbonyl (C=O) groups is 2. The highest BCUT2D eigenvalue weighted by atomic mass is 16.5. The maximum Gasteiger partial charge on any atom is 0.189 e. The van der Waals surface area contributed by atoms with Crippen LogP contribution in [0, 0.1) is 0 Å². The van der Waals surface area contributed by atoms with Gasteiger partial charge in [-0.15, -0.1) is 0 Å². The summed E-state index contributed by atoms with van der Waals surface area (Å²) in [7, 11) is 0. The van der Waals surface area contributed by atoms with E-state index in [2.05, 4.69) is 0 Å². The van der Waals surface area contributed by atoms with E-state index in [1.807, 2.05) is 0 Å². The van der Waals surface area contributed by atoms with E-state index in [0.717, 1.165) is 0 Å². The number of ketones is 2. The van der Waals surface area contributed by atoms with Crippen LogP contribution in [0.5, 0.6) is 11.5 Å². The summed E-state index contributed by atoms with van der Waals surface area (Å²) >= 11 is 0. The quantitative estimate of drug-likeness (QED) is 0.672. The Hall–Kier alpha value is -2.96. The van der Waals surface area contributed by atoms with Gasteiger partial charge in [0.05, 0.1) is 17.2 Å². The molecule has 1 spiro atoms. The molecule has 2 aromatic rings. The average Bonchev–Trinajstić information content (AvgIpc) is 2.93. The van der Waals surface area contributed by atoms with Gasteiger partial charge in [-0.1, -0.05) is 18.2 Å². The normalized spacial score (nSPS) is 28.3. The van der Waals surface area contributed by atoms with Gasteiger partial charge in [-0.2, -0.15) is 0 Å². The molecule has 0 unspecified atom stereocenters. The van der Waals surface area contributed by atoms with E-state index < -0.39 is 17.8 Å². The summed E-state index contributed by atoms with van der Waals surface area (Å²) in [6.45, 7) is 0. The highest BCUT2D eigenvalue weighted by molar-refractivity contribution is 6.10. The number of carbonyl (C=O) groups excluding carboxylic acids is 2. The number of hydrogen-bond donors (Lipinski definition) is 3. The molecule has 26 heavy (non-hydrogen) atoms. The number of hydrogen-bond acceptors (Lipinski definition) is 6. The van der Waals surface area contributed by atoms with Crippen molar-refractivity contribution in [3.8, 4) is 11.5 Å². The Morgan fingerprint density at radius 2 is 1.77 bits per heavy atom. The summed E-state index contributed by atoms with van der Waals surface area (Å²) in [6.07, 6.45) is 0.895. The van der Waals surface area contributed by atoms with Crippen LogP contribution in [0.3, 0.4) is 0 Å². The minimum absolute atomic E-state index is 0.135. The standard InChI is InChI=1S/C20H14O6/c21-11-3-1-2-9-16(11)13(23)6-7-20(9)10-4-5-12(22)18-14(24)8-15(25)19(26-20)17(10)18/h1-7,15,19,21-22,25H,8H2/t15-,19-,20-/m0/s1. The molecule has 0 radical (unpaired) electrons. The molecule has 5 rings (SSSR count). The van der Waals surface area contributed by atoms with Gasteiger partial charge in [-0.3, -0.25) is 9.59 Å². The molecule has 3 atom stereocenters. The van der Waals surface area contributed by atoms with E-state index in [1.165, 1.54) is 18.2 Å². The van der Waals surface area contributed by atoms with Gasteiger partial charge in [0.25, 0.3) is 0 Å². The summed E-state index contributed by atoms with van der Waals surface area (Å²) in [5, 5.41) is 30.8. The van der Waals surface area contributed by atoms with Gasteiger partial charge in [0.2, 0.25) is 0 Å². The van der Waals surface area contributed by atoms with Crippen molar-refractivity contribution >= 4 is 11.6 Å². The zero-order valence-corrected chi connectivity index (χ0v) is 13.5. The topological polar surface area (TPSA) is 104 Å². The lowest BCUT2D eigenvalue weighted by atomic mass is 9.75. The largest absolute Gasteiger partial charge is 0.507 e. The summed E-state index contributed by atoms with van der Waals surface area (Å²) in [5.74, 6) is -1.01. The first kappa shape index (κ1) is 15.3. The molecule has 0 saturated heterocycles. The zero-order chi connectivity index (χ0) is 18.2. The molecule has 1 heterocycles. The molecule has 6 heteroatoms. The van der Waals surface area contributed by atoms with Crippen molar-refractivity contribution in [3.63, 3.8) is 0 Å². The molecule has 2 aliphatic carbocycles. The Kier molecular flexibility index (Phi) is 2.83. The number of phenolic OH excluding ortho intramolecular Hbond substituents is 2. The van der Waals surface area contributed by atoms with Crippen molar-refractivity contribution in [3.05, 3.63) is 70.3 Å². The van der Waals surface area contributed by atoms with Crippen LogP contribution in [0.2, 0.25) is 0 Å². The van der Waals surface area contributed by atoms with Gasteiger partial charge >= 0.3 is 0 Å². The predicted molar refractivity (Wildman–Crippen MR) is 89.2 cm³/mol. The van der Waals surface area contributed by atoms with Crippen molar-refractivity contribution in [1.82, 2.24) is 0 Å². The molecule has 0 amide bonds. The number of aliphatic hydroxyl groups is 1. The second-order valence-electron chi connectivity index (χ2n) is 6.79. The molecule has 0 bridgehead atoms. The van der Waals surface area contributed by atoms with E-state index in [4.69, 9.17) is 4.74 Å². The van der Waals surface area contributed by atoms with Gasteiger partial charge in [-0.05, 0) is 29.8 Å². The van der Waals surface area contributed by atoms with Gasteiger partial charge in [0.1, 0.15) is 23.2 Å². The number of aliphatic hydroxyl groups excluding tert-OH is 1. The first-order chi connectivity index (χ1) is 12.4. The van der Waals surface area contributed by atoms with Crippen LogP contribution in [-0.2, 0) is 10.3 Å². The Morgan fingerprint density at radius 3 is 2.58 bits per heavy atom. The molecule has 0 aromatic heterocycles. The molecular weight excluding hydrogens is 336 g/mol. The second kappa shape index (κ2) is 4.81. The number of Topliss-reactive ketones (excluding diaryl/α,β-unsaturated/α-hetero) is 1. The number of phenols is 2. The fourth-order valence-corrected chi connectivity index (χ4v) is 4.33. The summed E-state index contributed by atoms with van der Waals surface area (Å²) < 4.78 is 6.22. The van der Waals surface area contributed by atoms with E-state index in [1.54, 1.807) is 24.3 Å². The van der Waals surface area contributed by atoms with Crippen molar-refractivity contribution in [2.24, 2.45) is 0 Å². The first-order valence-corrected chi connectivity index (χ1v) is 8.25. The van der Waals surface area contributed by atoms with Gasteiger partial charge in [0, 0.05) is 17.5 Å². The number of ether oxygens (including phenoxy) is 1. The smallest absolute Gasteiger partial charge is 0.189 e. The van der Waals surface area contributed by atoms with Gasteiger partial charge in [-0.25, -0.2) is 0 Å². The second-order valence-corrected chi connectivity index (χ2v) is 6.79. The highest BCUT2D eigenvalue weighted by Crippen LogP contribution is 2.56. The van der Waals surface area contributed by atoms with Crippen LogP contribution < -0.4 is 0 Å². The SMILES string of the molecule is O=C1C=C[C@]2(O[C@@H]3c4c2ccc(O)c4C(=O)C[C@@H]3O)c2cccc(O)c21. The number of allylic oxidation sites excluding steroid dienone is 1. The zero-order valence-electron chi connectivity index (χ0n) is 13.5. The minimum atomic E-state index is -1.21. The van der Waals surface area contributed by atoms with Crippen LogP contribution in [-0.4, -0.2) is 33.0 Å². The number of fused-ring (bicyclic) bond motifs is 3.